The minimum Gasteiger partial charge on any atom is -0.598 e. The Morgan fingerprint density at radius 1 is 1.30 bits per heavy atom. The SMILES string of the molecule is CC(C)(O)CC(Cc1ccccn1)N[S@+]([O-])C(C)(C)C. The Hall–Kier alpha value is -0.620. The van der Waals surface area contributed by atoms with Crippen LogP contribution in [0.5, 0.6) is 0 Å². The van der Waals surface area contributed by atoms with Crippen LogP contribution in [0.2, 0.25) is 0 Å². The maximum Gasteiger partial charge on any atom is 0.136 e. The van der Waals surface area contributed by atoms with E-state index in [4.69, 9.17) is 0 Å². The van der Waals surface area contributed by atoms with Crippen LogP contribution in [0.4, 0.5) is 0 Å². The average molecular weight is 298 g/mol. The van der Waals surface area contributed by atoms with Crippen molar-refractivity contribution in [1.29, 1.82) is 0 Å². The van der Waals surface area contributed by atoms with Crippen LogP contribution in [0, 0.1) is 0 Å². The van der Waals surface area contributed by atoms with Gasteiger partial charge in [-0.3, -0.25) is 4.98 Å². The van der Waals surface area contributed by atoms with Gasteiger partial charge in [-0.1, -0.05) is 6.07 Å². The molecule has 0 aliphatic rings. The highest BCUT2D eigenvalue weighted by Crippen LogP contribution is 2.19. The molecule has 0 fully saturated rings. The predicted molar refractivity (Wildman–Crippen MR) is 83.7 cm³/mol. The van der Waals surface area contributed by atoms with Crippen molar-refractivity contribution in [2.75, 3.05) is 0 Å². The van der Waals surface area contributed by atoms with Crippen LogP contribution in [0.3, 0.4) is 0 Å². The van der Waals surface area contributed by atoms with Crippen LogP contribution in [-0.4, -0.2) is 31.0 Å². The summed E-state index contributed by atoms with van der Waals surface area (Å²) in [5, 5.41) is 10.0. The summed E-state index contributed by atoms with van der Waals surface area (Å²) < 4.78 is 15.1. The number of pyridine rings is 1. The van der Waals surface area contributed by atoms with Crippen LogP contribution in [-0.2, 0) is 17.8 Å². The van der Waals surface area contributed by atoms with Gasteiger partial charge in [-0.05, 0) is 53.2 Å². The van der Waals surface area contributed by atoms with Gasteiger partial charge in [0.05, 0.1) is 11.6 Å². The minimum absolute atomic E-state index is 0.0787. The third kappa shape index (κ3) is 6.70. The standard InChI is InChI=1S/C15H26N2O2S/c1-14(2,3)20(19)17-13(11-15(4,5)18)10-12-8-6-7-9-16-12/h6-9,13,17-18H,10-11H2,1-5H3/t13?,20-/m1/s1. The van der Waals surface area contributed by atoms with Gasteiger partial charge in [0.1, 0.15) is 4.75 Å². The van der Waals surface area contributed by atoms with Gasteiger partial charge in [0.2, 0.25) is 0 Å². The van der Waals surface area contributed by atoms with Crippen molar-refractivity contribution in [3.8, 4) is 0 Å². The third-order valence-corrected chi connectivity index (χ3v) is 4.42. The molecule has 0 amide bonds. The Morgan fingerprint density at radius 3 is 2.40 bits per heavy atom. The van der Waals surface area contributed by atoms with Crippen molar-refractivity contribution < 1.29 is 9.66 Å². The molecule has 0 aromatic carbocycles. The lowest BCUT2D eigenvalue weighted by Crippen LogP contribution is -2.47. The van der Waals surface area contributed by atoms with Gasteiger partial charge in [0.15, 0.2) is 0 Å². The van der Waals surface area contributed by atoms with Crippen molar-refractivity contribution in [1.82, 2.24) is 9.71 Å². The number of aromatic nitrogens is 1. The van der Waals surface area contributed by atoms with Gasteiger partial charge >= 0.3 is 0 Å². The fraction of sp³-hybridized carbons (Fsp3) is 0.667. The molecule has 5 heteroatoms. The number of rotatable bonds is 6. The average Bonchev–Trinajstić information content (AvgIpc) is 2.26. The molecule has 2 N–H and O–H groups in total. The summed E-state index contributed by atoms with van der Waals surface area (Å²) in [6.07, 6.45) is 2.91. The first-order valence-electron chi connectivity index (χ1n) is 6.88. The normalized spacial score (nSPS) is 15.9. The maximum absolute atomic E-state index is 12.2. The van der Waals surface area contributed by atoms with E-state index in [0.717, 1.165) is 5.69 Å². The first-order valence-corrected chi connectivity index (χ1v) is 8.03. The van der Waals surface area contributed by atoms with Gasteiger partial charge in [-0.15, -0.1) is 4.72 Å². The summed E-state index contributed by atoms with van der Waals surface area (Å²) in [6, 6.07) is 5.67. The van der Waals surface area contributed by atoms with E-state index in [1.54, 1.807) is 20.0 Å². The molecule has 0 aliphatic carbocycles. The number of hydrogen-bond acceptors (Lipinski definition) is 4. The van der Waals surface area contributed by atoms with Crippen molar-refractivity contribution in [3.63, 3.8) is 0 Å². The van der Waals surface area contributed by atoms with Crippen LogP contribution in [0.25, 0.3) is 0 Å². The molecule has 1 aromatic rings. The molecular formula is C15H26N2O2S. The van der Waals surface area contributed by atoms with E-state index < -0.39 is 17.0 Å². The van der Waals surface area contributed by atoms with E-state index in [1.165, 1.54) is 0 Å². The molecule has 0 saturated heterocycles. The highest BCUT2D eigenvalue weighted by Gasteiger charge is 2.31. The van der Waals surface area contributed by atoms with E-state index in [9.17, 15) is 9.66 Å². The number of aliphatic hydroxyl groups is 1. The number of hydrogen-bond donors (Lipinski definition) is 2. The summed E-state index contributed by atoms with van der Waals surface area (Å²) in [4.78, 5) is 4.30. The van der Waals surface area contributed by atoms with Crippen LogP contribution in [0.1, 0.15) is 46.7 Å². The second-order valence-electron chi connectivity index (χ2n) is 6.74. The monoisotopic (exact) mass is 298 g/mol. The van der Waals surface area contributed by atoms with Crippen LogP contribution < -0.4 is 4.72 Å². The molecule has 0 saturated carbocycles. The zero-order valence-corrected chi connectivity index (χ0v) is 13.8. The molecule has 4 nitrogen and oxygen atoms in total. The van der Waals surface area contributed by atoms with E-state index in [-0.39, 0.29) is 10.8 Å². The molecule has 1 rings (SSSR count). The molecule has 0 bridgehead atoms. The third-order valence-electron chi connectivity index (χ3n) is 2.76. The van der Waals surface area contributed by atoms with E-state index in [0.29, 0.717) is 12.8 Å². The van der Waals surface area contributed by atoms with Crippen LogP contribution >= 0.6 is 0 Å². The summed E-state index contributed by atoms with van der Waals surface area (Å²) in [7, 11) is 0. The fourth-order valence-electron chi connectivity index (χ4n) is 1.86. The Kier molecular flexibility index (Phi) is 6.01. The summed E-state index contributed by atoms with van der Waals surface area (Å²) >= 11 is -1.16. The Bertz CT molecular complexity index is 399. The molecule has 0 spiro atoms. The smallest absolute Gasteiger partial charge is 0.136 e. The lowest BCUT2D eigenvalue weighted by molar-refractivity contribution is 0.0617. The minimum atomic E-state index is -1.16. The maximum atomic E-state index is 12.2. The van der Waals surface area contributed by atoms with Crippen molar-refractivity contribution in [2.45, 2.75) is 63.9 Å². The van der Waals surface area contributed by atoms with Crippen molar-refractivity contribution in [3.05, 3.63) is 30.1 Å². The quantitative estimate of drug-likeness (QED) is 0.790. The first kappa shape index (κ1) is 17.4. The fourth-order valence-corrected chi connectivity index (χ4v) is 2.68. The van der Waals surface area contributed by atoms with Gasteiger partial charge in [-0.2, -0.15) is 0 Å². The molecule has 1 heterocycles. The Balaban J connectivity index is 2.75. The molecule has 0 aliphatic heterocycles. The summed E-state index contributed by atoms with van der Waals surface area (Å²) in [5.74, 6) is 0. The van der Waals surface area contributed by atoms with Crippen molar-refractivity contribution >= 4 is 11.4 Å². The lowest BCUT2D eigenvalue weighted by atomic mass is 9.96. The summed E-state index contributed by atoms with van der Waals surface area (Å²) in [6.45, 7) is 9.31. The van der Waals surface area contributed by atoms with Crippen molar-refractivity contribution in [2.24, 2.45) is 0 Å². The van der Waals surface area contributed by atoms with E-state index in [2.05, 4.69) is 9.71 Å². The first-order chi connectivity index (χ1) is 9.08. The molecule has 1 unspecified atom stereocenters. The molecule has 114 valence electrons. The lowest BCUT2D eigenvalue weighted by Gasteiger charge is -2.30. The zero-order chi connectivity index (χ0) is 15.4. The van der Waals surface area contributed by atoms with E-state index in [1.807, 2.05) is 39.0 Å². The molecule has 0 radical (unpaired) electrons. The van der Waals surface area contributed by atoms with Gasteiger partial charge in [0, 0.05) is 29.7 Å². The van der Waals surface area contributed by atoms with E-state index >= 15 is 0 Å². The molecule has 1 aromatic heterocycles. The molecular weight excluding hydrogens is 272 g/mol. The highest BCUT2D eigenvalue weighted by atomic mass is 32.2. The molecule has 2 atom stereocenters. The largest absolute Gasteiger partial charge is 0.598 e. The Labute approximate surface area is 125 Å². The zero-order valence-electron chi connectivity index (χ0n) is 13.0. The number of nitrogens with zero attached hydrogens (tertiary/aromatic N) is 1. The second kappa shape index (κ2) is 6.89. The summed E-state index contributed by atoms with van der Waals surface area (Å²) in [5.41, 5.74) is 0.120. The molecule has 20 heavy (non-hydrogen) atoms. The van der Waals surface area contributed by atoms with Gasteiger partial charge < -0.3 is 9.66 Å². The Morgan fingerprint density at radius 2 is 1.95 bits per heavy atom. The van der Waals surface area contributed by atoms with Gasteiger partial charge in [0.25, 0.3) is 0 Å². The van der Waals surface area contributed by atoms with Crippen LogP contribution in [0.15, 0.2) is 24.4 Å². The highest BCUT2D eigenvalue weighted by molar-refractivity contribution is 7.90. The predicted octanol–water partition coefficient (Wildman–Crippen LogP) is 2.21. The van der Waals surface area contributed by atoms with Gasteiger partial charge in [-0.25, -0.2) is 0 Å². The topological polar surface area (TPSA) is 68.2 Å². The number of nitrogens with one attached hydrogen (secondary N) is 1. The second-order valence-corrected chi connectivity index (χ2v) is 8.74.